The smallest absolute Gasteiger partial charge is 0.172 e. The number of carbonyl (C=O) groups is 1. The number of rotatable bonds is 4. The van der Waals surface area contributed by atoms with Crippen LogP contribution in [0, 0.1) is 40.7 Å². The lowest BCUT2D eigenvalue weighted by atomic mass is 9.74. The van der Waals surface area contributed by atoms with Gasteiger partial charge in [-0.15, -0.1) is 0 Å². The molecule has 2 N–H and O–H groups in total. The van der Waals surface area contributed by atoms with Gasteiger partial charge in [0.15, 0.2) is 17.4 Å². The van der Waals surface area contributed by atoms with E-state index in [0.29, 0.717) is 23.5 Å². The molecule has 0 saturated heterocycles. The second-order valence-corrected chi connectivity index (χ2v) is 11.8. The van der Waals surface area contributed by atoms with Crippen molar-refractivity contribution in [2.75, 3.05) is 0 Å². The van der Waals surface area contributed by atoms with Crippen molar-refractivity contribution in [1.29, 1.82) is 0 Å². The topological polar surface area (TPSA) is 55.5 Å². The predicted octanol–water partition coefficient (Wildman–Crippen LogP) is 7.44. The van der Waals surface area contributed by atoms with Crippen molar-refractivity contribution in [3.8, 4) is 11.8 Å². The number of halogens is 2. The zero-order valence-electron chi connectivity index (χ0n) is 22.8. The fourth-order valence-corrected chi connectivity index (χ4v) is 6.75. The normalized spacial score (nSPS) is 29.6. The number of nitrogens with two attached hydrogens (primary N) is 1. The largest absolute Gasteiger partial charge is 0.323 e. The molecule has 0 radical (unpaired) electrons. The second-order valence-electron chi connectivity index (χ2n) is 11.8. The maximum Gasteiger partial charge on any atom is 0.172 e. The van der Waals surface area contributed by atoms with Crippen molar-refractivity contribution >= 4 is 11.5 Å². The van der Waals surface area contributed by atoms with Crippen LogP contribution in [0.25, 0.3) is 0 Å². The molecule has 5 rings (SSSR count). The van der Waals surface area contributed by atoms with Gasteiger partial charge in [-0.2, -0.15) is 0 Å². The zero-order valence-corrected chi connectivity index (χ0v) is 22.8. The van der Waals surface area contributed by atoms with Gasteiger partial charge in [-0.3, -0.25) is 9.79 Å². The molecule has 2 aliphatic carbocycles. The van der Waals surface area contributed by atoms with E-state index in [-0.39, 0.29) is 29.6 Å². The Bertz CT molecular complexity index is 1350. The van der Waals surface area contributed by atoms with Crippen LogP contribution in [0.4, 0.5) is 8.78 Å². The third-order valence-corrected chi connectivity index (χ3v) is 9.27. The Morgan fingerprint density at radius 1 is 1.08 bits per heavy atom. The van der Waals surface area contributed by atoms with Crippen LogP contribution in [-0.2, 0) is 17.6 Å². The molecule has 0 amide bonds. The summed E-state index contributed by atoms with van der Waals surface area (Å²) in [6.07, 6.45) is 12.3. The van der Waals surface area contributed by atoms with Gasteiger partial charge in [0.2, 0.25) is 0 Å². The Morgan fingerprint density at radius 3 is 2.74 bits per heavy atom. The van der Waals surface area contributed by atoms with Crippen molar-refractivity contribution in [3.63, 3.8) is 0 Å². The number of benzene rings is 2. The van der Waals surface area contributed by atoms with Crippen molar-refractivity contribution in [2.24, 2.45) is 28.0 Å². The Kier molecular flexibility index (Phi) is 8.43. The lowest BCUT2D eigenvalue weighted by Gasteiger charge is -2.33. The zero-order chi connectivity index (χ0) is 27.4. The molecule has 5 heteroatoms. The van der Waals surface area contributed by atoms with Gasteiger partial charge in [0.1, 0.15) is 0 Å². The van der Waals surface area contributed by atoms with E-state index in [0.717, 1.165) is 43.5 Å². The van der Waals surface area contributed by atoms with E-state index >= 15 is 0 Å². The number of carbonyl (C=O) groups excluding carboxylic acids is 1. The fourth-order valence-electron chi connectivity index (χ4n) is 6.75. The van der Waals surface area contributed by atoms with Crippen LogP contribution in [0.5, 0.6) is 0 Å². The first-order chi connectivity index (χ1) is 18.8. The van der Waals surface area contributed by atoms with Crippen molar-refractivity contribution in [1.82, 2.24) is 0 Å². The highest BCUT2D eigenvalue weighted by Crippen LogP contribution is 2.53. The van der Waals surface area contributed by atoms with Crippen LogP contribution in [-0.4, -0.2) is 11.5 Å². The number of fused-ring (bicyclic) bond motifs is 1. The Balaban J connectivity index is 1.21. The number of aliphatic imine (C=N–C) groups is 1. The molecule has 1 heterocycles. The lowest BCUT2D eigenvalue weighted by Crippen LogP contribution is -2.31. The highest BCUT2D eigenvalue weighted by molar-refractivity contribution is 6.01. The van der Waals surface area contributed by atoms with E-state index in [1.54, 1.807) is 6.20 Å². The van der Waals surface area contributed by atoms with Crippen molar-refractivity contribution in [2.45, 2.75) is 83.6 Å². The van der Waals surface area contributed by atoms with E-state index in [4.69, 9.17) is 10.7 Å². The first kappa shape index (κ1) is 27.5. The fraction of sp³-hybridized carbons (Fsp3) is 0.471. The monoisotopic (exact) mass is 528 g/mol. The number of ketones is 1. The van der Waals surface area contributed by atoms with Gasteiger partial charge in [-0.05, 0) is 91.0 Å². The van der Waals surface area contributed by atoms with E-state index in [9.17, 15) is 13.6 Å². The molecule has 2 aromatic rings. The molecule has 2 aromatic carbocycles. The summed E-state index contributed by atoms with van der Waals surface area (Å²) in [6, 6.07) is 12.6. The summed E-state index contributed by atoms with van der Waals surface area (Å²) >= 11 is 0. The number of allylic oxidation sites excluding steroid dienone is 1. The summed E-state index contributed by atoms with van der Waals surface area (Å²) < 4.78 is 26.6. The molecule has 3 nitrogen and oxygen atoms in total. The van der Waals surface area contributed by atoms with E-state index in [1.165, 1.54) is 49.3 Å². The minimum atomic E-state index is -0.890. The maximum absolute atomic E-state index is 13.5. The molecule has 4 atom stereocenters. The molecule has 204 valence electrons. The summed E-state index contributed by atoms with van der Waals surface area (Å²) in [7, 11) is 0. The second kappa shape index (κ2) is 12.0. The highest BCUT2D eigenvalue weighted by atomic mass is 19.2. The lowest BCUT2D eigenvalue weighted by molar-refractivity contribution is -0.115. The van der Waals surface area contributed by atoms with Crippen molar-refractivity contribution in [3.05, 3.63) is 82.6 Å². The summed E-state index contributed by atoms with van der Waals surface area (Å²) in [5, 5.41) is 0. The number of Topliss-reactive ketones (excluding diaryl/α,β-unsaturated/α-hetero) is 1. The molecular weight excluding hydrogens is 490 g/mol. The molecule has 3 unspecified atom stereocenters. The molecule has 1 fully saturated rings. The first-order valence-electron chi connectivity index (χ1n) is 14.4. The van der Waals surface area contributed by atoms with Crippen LogP contribution in [0.1, 0.15) is 87.4 Å². The van der Waals surface area contributed by atoms with Gasteiger partial charge in [-0.25, -0.2) is 8.78 Å². The van der Waals surface area contributed by atoms with E-state index in [1.807, 2.05) is 0 Å². The average Bonchev–Trinajstić information content (AvgIpc) is 3.06. The molecule has 39 heavy (non-hydrogen) atoms. The summed E-state index contributed by atoms with van der Waals surface area (Å²) in [5.74, 6) is 5.03. The minimum absolute atomic E-state index is 0.00889. The third kappa shape index (κ3) is 6.23. The molecule has 3 aliphatic rings. The molecular formula is C34H38F2N2O. The summed E-state index contributed by atoms with van der Waals surface area (Å²) in [6.45, 7) is 2.16. The van der Waals surface area contributed by atoms with Crippen molar-refractivity contribution < 1.29 is 13.6 Å². The van der Waals surface area contributed by atoms with Crippen LogP contribution >= 0.6 is 0 Å². The van der Waals surface area contributed by atoms with Gasteiger partial charge in [0, 0.05) is 30.8 Å². The Morgan fingerprint density at radius 2 is 1.92 bits per heavy atom. The summed E-state index contributed by atoms with van der Waals surface area (Å²) in [4.78, 5) is 17.4. The van der Waals surface area contributed by atoms with E-state index in [2.05, 4.69) is 43.0 Å². The molecule has 1 aliphatic heterocycles. The van der Waals surface area contributed by atoms with Gasteiger partial charge in [-0.1, -0.05) is 61.9 Å². The molecule has 0 bridgehead atoms. The number of nitrogens with zero attached hydrogens (tertiary/aromatic N) is 1. The van der Waals surface area contributed by atoms with Crippen LogP contribution in [0.3, 0.4) is 0 Å². The third-order valence-electron chi connectivity index (χ3n) is 9.27. The van der Waals surface area contributed by atoms with Gasteiger partial charge >= 0.3 is 0 Å². The maximum atomic E-state index is 13.5. The minimum Gasteiger partial charge on any atom is -0.323 e. The standard InChI is InChI=1S/C34H38F2N2O/c1-23-11-16-32(39)27(9-4-6-25-12-14-29(35)30(36)20-25)22-38-31(23)15-13-24-7-5-18-34(19-17-24)21-26-8-2-3-10-28(26)33(34)37/h2-3,8,10,12,14,20,22-24,33H,5-7,11,13,15-19,21,37H2,1H3/b27-22-,38-31-/t23?,24?,33-,34?/m1/s1. The van der Waals surface area contributed by atoms with Crippen LogP contribution in [0.2, 0.25) is 0 Å². The van der Waals surface area contributed by atoms with Gasteiger partial charge < -0.3 is 5.73 Å². The first-order valence-corrected chi connectivity index (χ1v) is 14.4. The van der Waals surface area contributed by atoms with Crippen LogP contribution in [0.15, 0.2) is 59.2 Å². The SMILES string of the molecule is CC1CCC(=O)/C(C#CCc2ccc(F)c(F)c2)=C\N=C/1CCC1CCCC2(CC1)Cc1ccccc1[C@H]2N. The van der Waals surface area contributed by atoms with Gasteiger partial charge in [0.25, 0.3) is 0 Å². The van der Waals surface area contributed by atoms with E-state index < -0.39 is 11.6 Å². The highest BCUT2D eigenvalue weighted by Gasteiger charge is 2.44. The summed E-state index contributed by atoms with van der Waals surface area (Å²) in [5.41, 5.74) is 11.9. The quantitative estimate of drug-likeness (QED) is 0.419. The number of hydrogen-bond acceptors (Lipinski definition) is 3. The van der Waals surface area contributed by atoms with Crippen LogP contribution < -0.4 is 5.73 Å². The predicted molar refractivity (Wildman–Crippen MR) is 152 cm³/mol. The molecule has 1 spiro atoms. The number of hydrogen-bond donors (Lipinski definition) is 1. The molecule has 1 saturated carbocycles. The Labute approximate surface area is 231 Å². The van der Waals surface area contributed by atoms with Gasteiger partial charge in [0.05, 0.1) is 5.57 Å². The molecule has 0 aromatic heterocycles. The average molecular weight is 529 g/mol. The Hall–Kier alpha value is -3.10.